The Morgan fingerprint density at radius 1 is 1.12 bits per heavy atom. The van der Waals surface area contributed by atoms with Crippen LogP contribution in [0.25, 0.3) is 0 Å². The molecule has 0 saturated carbocycles. The summed E-state index contributed by atoms with van der Waals surface area (Å²) in [5, 5.41) is 6.10. The molecule has 4 N–H and O–H groups in total. The predicted octanol–water partition coefficient (Wildman–Crippen LogP) is 2.93. The van der Waals surface area contributed by atoms with Crippen LogP contribution in [0.5, 0.6) is 0 Å². The van der Waals surface area contributed by atoms with Crippen molar-refractivity contribution in [3.8, 4) is 0 Å². The monoisotopic (exact) mass is 332 g/mol. The summed E-state index contributed by atoms with van der Waals surface area (Å²) in [4.78, 5) is 16.2. The highest BCUT2D eigenvalue weighted by atomic mass is 16.1. The van der Waals surface area contributed by atoms with Gasteiger partial charge in [-0.1, -0.05) is 44.9 Å². The van der Waals surface area contributed by atoms with Gasteiger partial charge in [-0.15, -0.1) is 0 Å². The molecule has 1 aromatic carbocycles. The highest BCUT2D eigenvalue weighted by Gasteiger charge is 2.04. The molecule has 0 spiro atoms. The molecule has 1 amide bonds. The number of hydrogen-bond donors (Lipinski definition) is 3. The first-order chi connectivity index (χ1) is 11.5. The SMILES string of the molecule is CC(C)CCCC(C)NC(N)=NCCCNC(=O)c1ccccc1. The van der Waals surface area contributed by atoms with Gasteiger partial charge >= 0.3 is 0 Å². The number of carbonyl (C=O) groups is 1. The topological polar surface area (TPSA) is 79.5 Å². The molecule has 0 aliphatic heterocycles. The number of rotatable bonds is 10. The van der Waals surface area contributed by atoms with Gasteiger partial charge in [0.2, 0.25) is 0 Å². The van der Waals surface area contributed by atoms with Crippen LogP contribution in [0, 0.1) is 5.92 Å². The molecule has 5 heteroatoms. The molecule has 24 heavy (non-hydrogen) atoms. The number of hydrogen-bond acceptors (Lipinski definition) is 2. The lowest BCUT2D eigenvalue weighted by atomic mass is 10.0. The number of carbonyl (C=O) groups excluding carboxylic acids is 1. The van der Waals surface area contributed by atoms with Gasteiger partial charge in [-0.3, -0.25) is 9.79 Å². The maximum Gasteiger partial charge on any atom is 0.251 e. The normalized spacial score (nSPS) is 12.9. The van der Waals surface area contributed by atoms with Crippen LogP contribution in [0.3, 0.4) is 0 Å². The van der Waals surface area contributed by atoms with Crippen molar-refractivity contribution < 1.29 is 4.79 Å². The van der Waals surface area contributed by atoms with Crippen LogP contribution in [0.2, 0.25) is 0 Å². The van der Waals surface area contributed by atoms with Crippen LogP contribution in [0.4, 0.5) is 0 Å². The molecule has 5 nitrogen and oxygen atoms in total. The van der Waals surface area contributed by atoms with Crippen molar-refractivity contribution >= 4 is 11.9 Å². The minimum Gasteiger partial charge on any atom is -0.370 e. The average Bonchev–Trinajstić information content (AvgIpc) is 2.54. The number of amides is 1. The minimum absolute atomic E-state index is 0.0514. The molecule has 0 fully saturated rings. The quantitative estimate of drug-likeness (QED) is 0.350. The lowest BCUT2D eigenvalue weighted by Crippen LogP contribution is -2.38. The van der Waals surface area contributed by atoms with Crippen LogP contribution in [0.15, 0.2) is 35.3 Å². The fourth-order valence-corrected chi connectivity index (χ4v) is 2.37. The Balaban J connectivity index is 2.14. The Hall–Kier alpha value is -2.04. The van der Waals surface area contributed by atoms with E-state index in [9.17, 15) is 4.79 Å². The van der Waals surface area contributed by atoms with Gasteiger partial charge in [-0.25, -0.2) is 0 Å². The molecule has 0 aliphatic rings. The van der Waals surface area contributed by atoms with Gasteiger partial charge in [-0.05, 0) is 37.8 Å². The van der Waals surface area contributed by atoms with Crippen LogP contribution in [-0.2, 0) is 0 Å². The van der Waals surface area contributed by atoms with Crippen LogP contribution in [0.1, 0.15) is 56.8 Å². The van der Waals surface area contributed by atoms with Crippen molar-refractivity contribution in [2.75, 3.05) is 13.1 Å². The molecular weight excluding hydrogens is 300 g/mol. The summed E-state index contributed by atoms with van der Waals surface area (Å²) in [6.45, 7) is 7.80. The molecule has 0 heterocycles. The van der Waals surface area contributed by atoms with Crippen molar-refractivity contribution in [2.24, 2.45) is 16.6 Å². The van der Waals surface area contributed by atoms with E-state index in [1.165, 1.54) is 12.8 Å². The van der Waals surface area contributed by atoms with Gasteiger partial charge in [0.25, 0.3) is 5.91 Å². The molecule has 1 unspecified atom stereocenters. The van der Waals surface area contributed by atoms with Crippen molar-refractivity contribution in [2.45, 2.75) is 52.5 Å². The molecule has 0 saturated heterocycles. The number of guanidine groups is 1. The van der Waals surface area contributed by atoms with E-state index in [4.69, 9.17) is 5.73 Å². The third kappa shape index (κ3) is 9.18. The molecule has 0 radical (unpaired) electrons. The first kappa shape index (κ1) is 20.0. The summed E-state index contributed by atoms with van der Waals surface area (Å²) in [6, 6.07) is 9.55. The molecule has 1 rings (SSSR count). The second kappa shape index (κ2) is 11.5. The van der Waals surface area contributed by atoms with E-state index in [1.807, 2.05) is 18.2 Å². The summed E-state index contributed by atoms with van der Waals surface area (Å²) in [5.74, 6) is 1.18. The maximum atomic E-state index is 11.9. The van der Waals surface area contributed by atoms with E-state index in [0.717, 1.165) is 18.8 Å². The summed E-state index contributed by atoms with van der Waals surface area (Å²) in [5.41, 5.74) is 6.57. The summed E-state index contributed by atoms with van der Waals surface area (Å²) < 4.78 is 0. The van der Waals surface area contributed by atoms with Gasteiger partial charge in [0.1, 0.15) is 0 Å². The summed E-state index contributed by atoms with van der Waals surface area (Å²) in [7, 11) is 0. The standard InChI is InChI=1S/C19H32N4O/c1-15(2)9-7-10-16(3)23-19(20)22-14-8-13-21-18(24)17-11-5-4-6-12-17/h4-6,11-12,15-16H,7-10,13-14H2,1-3H3,(H,21,24)(H3,20,22,23). The zero-order chi connectivity index (χ0) is 17.8. The Kier molecular flexibility index (Phi) is 9.58. The van der Waals surface area contributed by atoms with Gasteiger partial charge in [0.15, 0.2) is 5.96 Å². The number of benzene rings is 1. The molecule has 0 aromatic heterocycles. The van der Waals surface area contributed by atoms with Crippen LogP contribution >= 0.6 is 0 Å². The van der Waals surface area contributed by atoms with Gasteiger partial charge in [0, 0.05) is 24.7 Å². The van der Waals surface area contributed by atoms with Crippen LogP contribution in [-0.4, -0.2) is 31.0 Å². The number of nitrogens with two attached hydrogens (primary N) is 1. The Morgan fingerprint density at radius 2 is 1.83 bits per heavy atom. The van der Waals surface area contributed by atoms with E-state index < -0.39 is 0 Å². The van der Waals surface area contributed by atoms with E-state index >= 15 is 0 Å². The van der Waals surface area contributed by atoms with E-state index in [-0.39, 0.29) is 5.91 Å². The first-order valence-electron chi connectivity index (χ1n) is 8.88. The zero-order valence-electron chi connectivity index (χ0n) is 15.2. The first-order valence-corrected chi connectivity index (χ1v) is 8.88. The summed E-state index contributed by atoms with van der Waals surface area (Å²) in [6.07, 6.45) is 4.30. The second-order valence-electron chi connectivity index (χ2n) is 6.61. The third-order valence-corrected chi connectivity index (χ3v) is 3.75. The number of nitrogens with one attached hydrogen (secondary N) is 2. The van der Waals surface area contributed by atoms with Crippen molar-refractivity contribution in [1.82, 2.24) is 10.6 Å². The molecular formula is C19H32N4O. The van der Waals surface area contributed by atoms with Crippen LogP contribution < -0.4 is 16.4 Å². The van der Waals surface area contributed by atoms with Crippen molar-refractivity contribution in [1.29, 1.82) is 0 Å². The number of nitrogens with zero attached hydrogens (tertiary/aromatic N) is 1. The molecule has 0 aliphatic carbocycles. The second-order valence-corrected chi connectivity index (χ2v) is 6.61. The summed E-state index contributed by atoms with van der Waals surface area (Å²) >= 11 is 0. The molecule has 1 aromatic rings. The number of aliphatic imine (C=N–C) groups is 1. The third-order valence-electron chi connectivity index (χ3n) is 3.75. The average molecular weight is 332 g/mol. The van der Waals surface area contributed by atoms with Gasteiger partial charge < -0.3 is 16.4 Å². The van der Waals surface area contributed by atoms with Crippen molar-refractivity contribution in [3.05, 3.63) is 35.9 Å². The van der Waals surface area contributed by atoms with E-state index in [0.29, 0.717) is 30.7 Å². The fourth-order valence-electron chi connectivity index (χ4n) is 2.37. The van der Waals surface area contributed by atoms with Gasteiger partial charge in [-0.2, -0.15) is 0 Å². The van der Waals surface area contributed by atoms with Gasteiger partial charge in [0.05, 0.1) is 0 Å². The highest BCUT2D eigenvalue weighted by molar-refractivity contribution is 5.94. The maximum absolute atomic E-state index is 11.9. The molecule has 134 valence electrons. The Bertz CT molecular complexity index is 499. The minimum atomic E-state index is -0.0514. The Labute approximate surface area is 146 Å². The smallest absolute Gasteiger partial charge is 0.251 e. The highest BCUT2D eigenvalue weighted by Crippen LogP contribution is 2.07. The van der Waals surface area contributed by atoms with E-state index in [2.05, 4.69) is 36.4 Å². The van der Waals surface area contributed by atoms with E-state index in [1.54, 1.807) is 12.1 Å². The zero-order valence-corrected chi connectivity index (χ0v) is 15.2. The lowest BCUT2D eigenvalue weighted by Gasteiger charge is -2.15. The van der Waals surface area contributed by atoms with Crippen molar-refractivity contribution in [3.63, 3.8) is 0 Å². The Morgan fingerprint density at radius 3 is 2.50 bits per heavy atom. The predicted molar refractivity (Wildman–Crippen MR) is 101 cm³/mol. The molecule has 0 bridgehead atoms. The largest absolute Gasteiger partial charge is 0.370 e. The lowest BCUT2D eigenvalue weighted by molar-refractivity contribution is 0.0953. The fraction of sp³-hybridized carbons (Fsp3) is 0.579. The molecule has 1 atom stereocenters.